The number of aromatic nitrogens is 1. The first kappa shape index (κ1) is 17.6. The normalized spacial score (nSPS) is 21.5. The maximum absolute atomic E-state index is 12.4. The summed E-state index contributed by atoms with van der Waals surface area (Å²) in [5.41, 5.74) is 1.31. The van der Waals surface area contributed by atoms with Gasteiger partial charge in [-0.1, -0.05) is 18.2 Å². The Morgan fingerprint density at radius 1 is 1.15 bits per heavy atom. The number of carbonyl (C=O) groups is 1. The van der Waals surface area contributed by atoms with E-state index in [9.17, 15) is 4.79 Å². The highest BCUT2D eigenvalue weighted by molar-refractivity contribution is 5.81. The summed E-state index contributed by atoms with van der Waals surface area (Å²) >= 11 is 0. The van der Waals surface area contributed by atoms with E-state index < -0.39 is 0 Å². The van der Waals surface area contributed by atoms with E-state index in [1.165, 1.54) is 10.9 Å². The van der Waals surface area contributed by atoms with E-state index >= 15 is 0 Å². The summed E-state index contributed by atoms with van der Waals surface area (Å²) in [6.07, 6.45) is 7.13. The molecule has 2 aromatic rings. The van der Waals surface area contributed by atoms with Gasteiger partial charge in [-0.05, 0) is 56.2 Å². The molecule has 0 aliphatic carbocycles. The van der Waals surface area contributed by atoms with Crippen molar-refractivity contribution in [3.8, 4) is 0 Å². The van der Waals surface area contributed by atoms with Gasteiger partial charge in [0.2, 0.25) is 0 Å². The lowest BCUT2D eigenvalue weighted by atomic mass is 10.0. The molecule has 1 aromatic heterocycles. The lowest BCUT2D eigenvalue weighted by Gasteiger charge is -2.33. The lowest BCUT2D eigenvalue weighted by Crippen LogP contribution is -2.48. The van der Waals surface area contributed by atoms with E-state index in [4.69, 9.17) is 4.74 Å². The first-order valence-electron chi connectivity index (χ1n) is 9.99. The molecule has 26 heavy (non-hydrogen) atoms. The average Bonchev–Trinajstić information content (AvgIpc) is 3.35. The number of para-hydroxylation sites is 1. The predicted molar refractivity (Wildman–Crippen MR) is 103 cm³/mol. The number of rotatable bonds is 6. The molecule has 3 heterocycles. The van der Waals surface area contributed by atoms with Crippen molar-refractivity contribution in [3.05, 3.63) is 36.5 Å². The van der Waals surface area contributed by atoms with Crippen LogP contribution in [-0.4, -0.2) is 53.8 Å². The third kappa shape index (κ3) is 3.94. The number of benzene rings is 1. The van der Waals surface area contributed by atoms with Gasteiger partial charge in [-0.25, -0.2) is 0 Å². The van der Waals surface area contributed by atoms with Gasteiger partial charge in [0.25, 0.3) is 5.91 Å². The third-order valence-electron chi connectivity index (χ3n) is 5.70. The molecule has 5 nitrogen and oxygen atoms in total. The molecule has 2 fully saturated rings. The average molecular weight is 355 g/mol. The van der Waals surface area contributed by atoms with Crippen molar-refractivity contribution in [1.82, 2.24) is 14.8 Å². The number of amides is 1. The van der Waals surface area contributed by atoms with Crippen LogP contribution in [0.4, 0.5) is 0 Å². The molecule has 4 rings (SSSR count). The first-order valence-corrected chi connectivity index (χ1v) is 9.99. The molecule has 1 N–H and O–H groups in total. The van der Waals surface area contributed by atoms with E-state index in [0.717, 1.165) is 64.9 Å². The van der Waals surface area contributed by atoms with Crippen LogP contribution < -0.4 is 5.32 Å². The van der Waals surface area contributed by atoms with Crippen molar-refractivity contribution >= 4 is 16.8 Å². The second-order valence-electron chi connectivity index (χ2n) is 7.48. The minimum Gasteiger partial charge on any atom is -0.368 e. The highest BCUT2D eigenvalue weighted by atomic mass is 16.5. The van der Waals surface area contributed by atoms with Gasteiger partial charge in [0.05, 0.1) is 0 Å². The van der Waals surface area contributed by atoms with Crippen molar-refractivity contribution < 1.29 is 9.53 Å². The van der Waals surface area contributed by atoms with Crippen molar-refractivity contribution in [2.75, 3.05) is 26.2 Å². The van der Waals surface area contributed by atoms with Crippen molar-refractivity contribution in [3.63, 3.8) is 0 Å². The van der Waals surface area contributed by atoms with Gasteiger partial charge in [-0.3, -0.25) is 4.79 Å². The number of fused-ring (bicyclic) bond motifs is 1. The molecule has 1 amide bonds. The zero-order valence-corrected chi connectivity index (χ0v) is 15.4. The van der Waals surface area contributed by atoms with Crippen LogP contribution in [0.3, 0.4) is 0 Å². The zero-order valence-electron chi connectivity index (χ0n) is 15.4. The summed E-state index contributed by atoms with van der Waals surface area (Å²) in [4.78, 5) is 14.4. The molecule has 0 spiro atoms. The Morgan fingerprint density at radius 3 is 2.81 bits per heavy atom. The molecule has 0 bridgehead atoms. The molecular formula is C21H29N3O2. The van der Waals surface area contributed by atoms with Crippen molar-refractivity contribution in [2.45, 2.75) is 50.8 Å². The standard InChI is InChI=1S/C21H29N3O2/c25-21(20-7-3-16-26-20)24-14-9-18(10-15-24)22-11-4-12-23-13-8-17-5-1-2-6-19(17)23/h1-2,5-6,8,13,18,20,22H,3-4,7,9-12,14-16H2. The second kappa shape index (κ2) is 8.23. The van der Waals surface area contributed by atoms with Crippen LogP contribution in [0.2, 0.25) is 0 Å². The summed E-state index contributed by atoms with van der Waals surface area (Å²) in [5.74, 6) is 0.209. The third-order valence-corrected chi connectivity index (χ3v) is 5.70. The quantitative estimate of drug-likeness (QED) is 0.811. The van der Waals surface area contributed by atoms with Crippen LogP contribution >= 0.6 is 0 Å². The number of hydrogen-bond acceptors (Lipinski definition) is 3. The topological polar surface area (TPSA) is 46.5 Å². The summed E-state index contributed by atoms with van der Waals surface area (Å²) in [7, 11) is 0. The highest BCUT2D eigenvalue weighted by Crippen LogP contribution is 2.19. The smallest absolute Gasteiger partial charge is 0.251 e. The predicted octanol–water partition coefficient (Wildman–Crippen LogP) is 2.79. The molecule has 1 unspecified atom stereocenters. The molecule has 2 aliphatic heterocycles. The molecule has 0 saturated carbocycles. The largest absolute Gasteiger partial charge is 0.368 e. The van der Waals surface area contributed by atoms with Gasteiger partial charge >= 0.3 is 0 Å². The van der Waals surface area contributed by atoms with E-state index in [0.29, 0.717) is 6.04 Å². The van der Waals surface area contributed by atoms with Gasteiger partial charge in [0, 0.05) is 44.0 Å². The molecule has 2 aliphatic rings. The zero-order chi connectivity index (χ0) is 17.8. The molecule has 2 saturated heterocycles. The SMILES string of the molecule is O=C(C1CCCO1)N1CCC(NCCCn2ccc3ccccc32)CC1. The molecule has 140 valence electrons. The fourth-order valence-corrected chi connectivity index (χ4v) is 4.17. The maximum atomic E-state index is 12.4. The summed E-state index contributed by atoms with van der Waals surface area (Å²) < 4.78 is 7.86. The molecule has 1 atom stereocenters. The lowest BCUT2D eigenvalue weighted by molar-refractivity contribution is -0.142. The Hall–Kier alpha value is -1.85. The van der Waals surface area contributed by atoms with Gasteiger partial charge in [0.1, 0.15) is 6.10 Å². The first-order chi connectivity index (χ1) is 12.8. The van der Waals surface area contributed by atoms with Crippen LogP contribution in [0.5, 0.6) is 0 Å². The Morgan fingerprint density at radius 2 is 2.00 bits per heavy atom. The fraction of sp³-hybridized carbons (Fsp3) is 0.571. The summed E-state index contributed by atoms with van der Waals surface area (Å²) in [6, 6.07) is 11.3. The minimum atomic E-state index is -0.170. The fourth-order valence-electron chi connectivity index (χ4n) is 4.17. The van der Waals surface area contributed by atoms with Crippen LogP contribution in [0.15, 0.2) is 36.5 Å². The molecule has 1 aromatic carbocycles. The van der Waals surface area contributed by atoms with Crippen LogP contribution in [-0.2, 0) is 16.1 Å². The van der Waals surface area contributed by atoms with Crippen LogP contribution in [0.1, 0.15) is 32.1 Å². The molecule has 5 heteroatoms. The van der Waals surface area contributed by atoms with E-state index in [1.807, 2.05) is 4.90 Å². The molecular weight excluding hydrogens is 326 g/mol. The Kier molecular flexibility index (Phi) is 5.56. The Bertz CT molecular complexity index is 728. The Balaban J connectivity index is 1.16. The van der Waals surface area contributed by atoms with Gasteiger partial charge < -0.3 is 19.5 Å². The number of aryl methyl sites for hydroxylation is 1. The van der Waals surface area contributed by atoms with Gasteiger partial charge in [-0.15, -0.1) is 0 Å². The van der Waals surface area contributed by atoms with Gasteiger partial charge in [0.15, 0.2) is 0 Å². The number of piperidine rings is 1. The maximum Gasteiger partial charge on any atom is 0.251 e. The van der Waals surface area contributed by atoms with Crippen LogP contribution in [0.25, 0.3) is 10.9 Å². The number of nitrogens with one attached hydrogen (secondary N) is 1. The summed E-state index contributed by atoms with van der Waals surface area (Å²) in [5, 5.41) is 4.99. The monoisotopic (exact) mass is 355 g/mol. The van der Waals surface area contributed by atoms with Crippen LogP contribution in [0, 0.1) is 0 Å². The number of carbonyl (C=O) groups excluding carboxylic acids is 1. The van der Waals surface area contributed by atoms with E-state index in [2.05, 4.69) is 46.4 Å². The number of hydrogen-bond donors (Lipinski definition) is 1. The van der Waals surface area contributed by atoms with E-state index in [-0.39, 0.29) is 12.0 Å². The molecule has 0 radical (unpaired) electrons. The summed E-state index contributed by atoms with van der Waals surface area (Å²) in [6.45, 7) is 4.52. The highest BCUT2D eigenvalue weighted by Gasteiger charge is 2.30. The second-order valence-corrected chi connectivity index (χ2v) is 7.48. The van der Waals surface area contributed by atoms with E-state index in [1.54, 1.807) is 0 Å². The Labute approximate surface area is 155 Å². The van der Waals surface area contributed by atoms with Gasteiger partial charge in [-0.2, -0.15) is 0 Å². The number of nitrogens with zero attached hydrogens (tertiary/aromatic N) is 2. The minimum absolute atomic E-state index is 0.170. The van der Waals surface area contributed by atoms with Crippen molar-refractivity contribution in [1.29, 1.82) is 0 Å². The number of likely N-dealkylation sites (tertiary alicyclic amines) is 1. The number of ether oxygens (including phenoxy) is 1. The van der Waals surface area contributed by atoms with Crippen molar-refractivity contribution in [2.24, 2.45) is 0 Å².